The van der Waals surface area contributed by atoms with Crippen molar-refractivity contribution in [1.29, 1.82) is 0 Å². The highest BCUT2D eigenvalue weighted by molar-refractivity contribution is 4.76. The lowest BCUT2D eigenvalue weighted by molar-refractivity contribution is 0.452. The fourth-order valence-electron chi connectivity index (χ4n) is 1.64. The molecule has 78 valence electrons. The Labute approximate surface area is 84.4 Å². The Morgan fingerprint density at radius 1 is 1.08 bits per heavy atom. The molecule has 1 atom stereocenters. The van der Waals surface area contributed by atoms with Crippen molar-refractivity contribution < 1.29 is 0 Å². The largest absolute Gasteiger partial charge is 0.0917 e. The first kappa shape index (κ1) is 12.7. The molecule has 0 aliphatic heterocycles. The highest BCUT2D eigenvalue weighted by Crippen LogP contribution is 2.15. The smallest absolute Gasteiger partial charge is 0.0351 e. The van der Waals surface area contributed by atoms with Gasteiger partial charge < -0.3 is 0 Å². The first-order valence-electron chi connectivity index (χ1n) is 5.92. The quantitative estimate of drug-likeness (QED) is 0.368. The number of hydrogen-bond donors (Lipinski definition) is 0. The van der Waals surface area contributed by atoms with E-state index in [-0.39, 0.29) is 0 Å². The summed E-state index contributed by atoms with van der Waals surface area (Å²) in [4.78, 5) is 0. The van der Waals surface area contributed by atoms with E-state index in [0.29, 0.717) is 0 Å². The van der Waals surface area contributed by atoms with Gasteiger partial charge in [-0.25, -0.2) is 0 Å². The van der Waals surface area contributed by atoms with E-state index in [1.807, 2.05) is 0 Å². The average molecular weight is 182 g/mol. The lowest BCUT2D eigenvalue weighted by atomic mass is 9.97. The third-order valence-electron chi connectivity index (χ3n) is 2.60. The van der Waals surface area contributed by atoms with Crippen molar-refractivity contribution in [2.45, 2.75) is 65.7 Å². The Bertz CT molecular complexity index is 113. The fourth-order valence-corrected chi connectivity index (χ4v) is 1.64. The lowest BCUT2D eigenvalue weighted by Gasteiger charge is -2.09. The normalized spacial score (nSPS) is 13.8. The zero-order chi connectivity index (χ0) is 9.94. The van der Waals surface area contributed by atoms with Gasteiger partial charge in [0.05, 0.1) is 0 Å². The zero-order valence-electron chi connectivity index (χ0n) is 9.68. The van der Waals surface area contributed by atoms with E-state index in [9.17, 15) is 0 Å². The summed E-state index contributed by atoms with van der Waals surface area (Å²) in [5, 5.41) is 0. The third kappa shape index (κ3) is 9.66. The second-order valence-corrected chi connectivity index (χ2v) is 4.10. The molecule has 0 N–H and O–H groups in total. The highest BCUT2D eigenvalue weighted by atomic mass is 14.1. The molecule has 0 heteroatoms. The van der Waals surface area contributed by atoms with Gasteiger partial charge >= 0.3 is 0 Å². The van der Waals surface area contributed by atoms with Crippen LogP contribution in [0.25, 0.3) is 0 Å². The number of rotatable bonds is 8. The van der Waals surface area contributed by atoms with Crippen molar-refractivity contribution in [3.8, 4) is 0 Å². The second kappa shape index (κ2) is 9.83. The summed E-state index contributed by atoms with van der Waals surface area (Å²) in [7, 11) is 0. The minimum absolute atomic E-state index is 0.941. The fraction of sp³-hybridized carbons (Fsp3) is 0.846. The molecule has 0 amide bonds. The van der Waals surface area contributed by atoms with Crippen LogP contribution < -0.4 is 0 Å². The van der Waals surface area contributed by atoms with Crippen molar-refractivity contribution in [2.75, 3.05) is 0 Å². The lowest BCUT2D eigenvalue weighted by Crippen LogP contribution is -1.94. The third-order valence-corrected chi connectivity index (χ3v) is 2.60. The maximum Gasteiger partial charge on any atom is -0.0351 e. The maximum absolute atomic E-state index is 2.39. The maximum atomic E-state index is 2.39. The minimum Gasteiger partial charge on any atom is -0.0917 e. The van der Waals surface area contributed by atoms with Crippen LogP contribution in [0.15, 0.2) is 12.2 Å². The first-order chi connectivity index (χ1) is 6.31. The van der Waals surface area contributed by atoms with Crippen LogP contribution in [0, 0.1) is 5.92 Å². The molecule has 0 aromatic carbocycles. The molecule has 1 unspecified atom stereocenters. The van der Waals surface area contributed by atoms with Gasteiger partial charge in [-0.3, -0.25) is 0 Å². The molecule has 0 radical (unpaired) electrons. The minimum atomic E-state index is 0.941. The van der Waals surface area contributed by atoms with Gasteiger partial charge in [0, 0.05) is 0 Å². The van der Waals surface area contributed by atoms with Gasteiger partial charge in [-0.2, -0.15) is 0 Å². The van der Waals surface area contributed by atoms with Crippen molar-refractivity contribution in [3.63, 3.8) is 0 Å². The molecule has 0 nitrogen and oxygen atoms in total. The Balaban J connectivity index is 3.14. The van der Waals surface area contributed by atoms with Crippen LogP contribution >= 0.6 is 0 Å². The molecular weight excluding hydrogens is 156 g/mol. The van der Waals surface area contributed by atoms with Crippen molar-refractivity contribution in [3.05, 3.63) is 12.2 Å². The Kier molecular flexibility index (Phi) is 9.63. The van der Waals surface area contributed by atoms with Crippen LogP contribution in [0.3, 0.4) is 0 Å². The van der Waals surface area contributed by atoms with E-state index in [2.05, 4.69) is 32.9 Å². The van der Waals surface area contributed by atoms with Gasteiger partial charge in [0.2, 0.25) is 0 Å². The van der Waals surface area contributed by atoms with Crippen LogP contribution in [0.1, 0.15) is 65.7 Å². The SMILES string of the molecule is CC=CCCCC(C)CCCCC. The summed E-state index contributed by atoms with van der Waals surface area (Å²) in [5.74, 6) is 0.941. The Hall–Kier alpha value is -0.260. The number of unbranched alkanes of at least 4 members (excludes halogenated alkanes) is 3. The molecule has 0 saturated heterocycles. The summed E-state index contributed by atoms with van der Waals surface area (Å²) < 4.78 is 0. The van der Waals surface area contributed by atoms with Gasteiger partial charge in [0.25, 0.3) is 0 Å². The summed E-state index contributed by atoms with van der Waals surface area (Å²) in [6.45, 7) is 6.77. The molecular formula is C13H26. The molecule has 0 aromatic heterocycles. The van der Waals surface area contributed by atoms with Gasteiger partial charge in [-0.15, -0.1) is 0 Å². The highest BCUT2D eigenvalue weighted by Gasteiger charge is 2.00. The second-order valence-electron chi connectivity index (χ2n) is 4.10. The molecule has 0 aromatic rings. The molecule has 0 spiro atoms. The molecule has 0 fully saturated rings. The predicted octanol–water partition coefficient (Wildman–Crippen LogP) is 4.95. The van der Waals surface area contributed by atoms with Crippen LogP contribution in [-0.4, -0.2) is 0 Å². The Morgan fingerprint density at radius 2 is 1.77 bits per heavy atom. The Morgan fingerprint density at radius 3 is 2.38 bits per heavy atom. The van der Waals surface area contributed by atoms with Crippen LogP contribution in [0.2, 0.25) is 0 Å². The molecule has 0 saturated carbocycles. The van der Waals surface area contributed by atoms with E-state index < -0.39 is 0 Å². The summed E-state index contributed by atoms with van der Waals surface area (Å²) in [6, 6.07) is 0. The van der Waals surface area contributed by atoms with E-state index in [1.165, 1.54) is 44.9 Å². The van der Waals surface area contributed by atoms with Crippen LogP contribution in [-0.2, 0) is 0 Å². The summed E-state index contributed by atoms with van der Waals surface area (Å²) in [5.41, 5.74) is 0. The predicted molar refractivity (Wildman–Crippen MR) is 62.0 cm³/mol. The first-order valence-corrected chi connectivity index (χ1v) is 5.92. The summed E-state index contributed by atoms with van der Waals surface area (Å²) in [6.07, 6.45) is 14.1. The van der Waals surface area contributed by atoms with E-state index in [4.69, 9.17) is 0 Å². The molecule has 0 rings (SSSR count). The molecule has 13 heavy (non-hydrogen) atoms. The molecule has 0 bridgehead atoms. The van der Waals surface area contributed by atoms with Crippen LogP contribution in [0.5, 0.6) is 0 Å². The average Bonchev–Trinajstić information content (AvgIpc) is 2.13. The van der Waals surface area contributed by atoms with Gasteiger partial charge in [-0.05, 0) is 25.7 Å². The number of hydrogen-bond acceptors (Lipinski definition) is 0. The van der Waals surface area contributed by atoms with Crippen molar-refractivity contribution in [1.82, 2.24) is 0 Å². The number of allylic oxidation sites excluding steroid dienone is 2. The topological polar surface area (TPSA) is 0 Å². The van der Waals surface area contributed by atoms with Gasteiger partial charge in [-0.1, -0.05) is 58.1 Å². The van der Waals surface area contributed by atoms with E-state index >= 15 is 0 Å². The molecule has 0 aliphatic rings. The molecule has 0 heterocycles. The van der Waals surface area contributed by atoms with Gasteiger partial charge in [0.15, 0.2) is 0 Å². The van der Waals surface area contributed by atoms with E-state index in [0.717, 1.165) is 5.92 Å². The van der Waals surface area contributed by atoms with Crippen molar-refractivity contribution in [2.24, 2.45) is 5.92 Å². The summed E-state index contributed by atoms with van der Waals surface area (Å²) >= 11 is 0. The standard InChI is InChI=1S/C13H26/c1-4-6-8-10-12-13(3)11-9-7-5-2/h4,6,13H,5,7-12H2,1-3H3. The monoisotopic (exact) mass is 182 g/mol. The van der Waals surface area contributed by atoms with Crippen LogP contribution in [0.4, 0.5) is 0 Å². The van der Waals surface area contributed by atoms with Crippen molar-refractivity contribution >= 4 is 0 Å². The van der Waals surface area contributed by atoms with E-state index in [1.54, 1.807) is 0 Å². The zero-order valence-corrected chi connectivity index (χ0v) is 9.68. The van der Waals surface area contributed by atoms with Gasteiger partial charge in [0.1, 0.15) is 0 Å². The molecule has 0 aliphatic carbocycles.